The fourth-order valence-corrected chi connectivity index (χ4v) is 1.14. The number of carbonyl (C=O) groups is 2. The van der Waals surface area contributed by atoms with Crippen LogP contribution < -0.4 is 11.1 Å². The fraction of sp³-hybridized carbons (Fsp3) is 0.700. The standard InChI is InChI=1S/C10H18N2O3S/c1-5(2)7(10(14)15-4)12-9(13)6(3)8(11)16/h5-7H,1-4H3,(H2,11,16)(H,12,13). The van der Waals surface area contributed by atoms with E-state index >= 15 is 0 Å². The van der Waals surface area contributed by atoms with E-state index in [2.05, 4.69) is 10.1 Å². The highest BCUT2D eigenvalue weighted by Crippen LogP contribution is 2.05. The maximum absolute atomic E-state index is 11.6. The monoisotopic (exact) mass is 246 g/mol. The summed E-state index contributed by atoms with van der Waals surface area (Å²) in [7, 11) is 1.28. The topological polar surface area (TPSA) is 81.4 Å². The molecule has 0 aromatic rings. The molecule has 0 bridgehead atoms. The van der Waals surface area contributed by atoms with Gasteiger partial charge in [-0.3, -0.25) is 4.79 Å². The molecule has 2 atom stereocenters. The summed E-state index contributed by atoms with van der Waals surface area (Å²) >= 11 is 4.71. The minimum Gasteiger partial charge on any atom is -0.467 e. The van der Waals surface area contributed by atoms with Gasteiger partial charge in [0.2, 0.25) is 5.91 Å². The molecule has 0 spiro atoms. The molecule has 0 aliphatic heterocycles. The van der Waals surface area contributed by atoms with Crippen LogP contribution in [0.3, 0.4) is 0 Å². The summed E-state index contributed by atoms with van der Waals surface area (Å²) in [6.07, 6.45) is 0. The van der Waals surface area contributed by atoms with Crippen LogP contribution in [0.2, 0.25) is 0 Å². The first-order valence-electron chi connectivity index (χ1n) is 4.98. The summed E-state index contributed by atoms with van der Waals surface area (Å²) in [4.78, 5) is 23.1. The average molecular weight is 246 g/mol. The van der Waals surface area contributed by atoms with Gasteiger partial charge in [-0.2, -0.15) is 0 Å². The van der Waals surface area contributed by atoms with E-state index in [9.17, 15) is 9.59 Å². The Morgan fingerprint density at radius 2 is 1.81 bits per heavy atom. The van der Waals surface area contributed by atoms with Crippen molar-refractivity contribution >= 4 is 29.1 Å². The summed E-state index contributed by atoms with van der Waals surface area (Å²) in [5.41, 5.74) is 5.35. The van der Waals surface area contributed by atoms with Gasteiger partial charge in [0.1, 0.15) is 6.04 Å². The van der Waals surface area contributed by atoms with Crippen molar-refractivity contribution in [3.8, 4) is 0 Å². The van der Waals surface area contributed by atoms with Crippen LogP contribution >= 0.6 is 12.2 Å². The second-order valence-corrected chi connectivity index (χ2v) is 4.35. The van der Waals surface area contributed by atoms with Gasteiger partial charge < -0.3 is 15.8 Å². The van der Waals surface area contributed by atoms with Gasteiger partial charge in [0, 0.05) is 0 Å². The maximum atomic E-state index is 11.6. The molecule has 0 aliphatic rings. The molecule has 5 nitrogen and oxygen atoms in total. The molecule has 92 valence electrons. The number of amides is 1. The summed E-state index contributed by atoms with van der Waals surface area (Å²) in [5.74, 6) is -1.49. The second kappa shape index (κ2) is 6.42. The number of nitrogens with two attached hydrogens (primary N) is 1. The predicted octanol–water partition coefficient (Wildman–Crippen LogP) is 0.222. The van der Waals surface area contributed by atoms with E-state index in [1.54, 1.807) is 6.92 Å². The van der Waals surface area contributed by atoms with Gasteiger partial charge in [0.05, 0.1) is 18.0 Å². The van der Waals surface area contributed by atoms with Crippen molar-refractivity contribution in [3.63, 3.8) is 0 Å². The molecule has 3 N–H and O–H groups in total. The molecular formula is C10H18N2O3S. The highest BCUT2D eigenvalue weighted by atomic mass is 32.1. The van der Waals surface area contributed by atoms with E-state index in [-0.39, 0.29) is 16.8 Å². The Morgan fingerprint density at radius 1 is 1.31 bits per heavy atom. The third kappa shape index (κ3) is 4.14. The molecule has 0 rings (SSSR count). The molecule has 0 aliphatic carbocycles. The first kappa shape index (κ1) is 14.8. The Hall–Kier alpha value is -1.17. The van der Waals surface area contributed by atoms with Crippen LogP contribution in [0.15, 0.2) is 0 Å². The molecule has 2 unspecified atom stereocenters. The lowest BCUT2D eigenvalue weighted by Gasteiger charge is -2.21. The third-order valence-electron chi connectivity index (χ3n) is 2.24. The van der Waals surface area contributed by atoms with Crippen molar-refractivity contribution in [1.29, 1.82) is 0 Å². The quantitative estimate of drug-likeness (QED) is 0.536. The van der Waals surface area contributed by atoms with Gasteiger partial charge in [-0.1, -0.05) is 26.1 Å². The van der Waals surface area contributed by atoms with Crippen molar-refractivity contribution in [3.05, 3.63) is 0 Å². The van der Waals surface area contributed by atoms with Crippen molar-refractivity contribution < 1.29 is 14.3 Å². The number of ether oxygens (including phenoxy) is 1. The van der Waals surface area contributed by atoms with Crippen LogP contribution in [0, 0.1) is 11.8 Å². The van der Waals surface area contributed by atoms with Crippen molar-refractivity contribution in [2.24, 2.45) is 17.6 Å². The van der Waals surface area contributed by atoms with Crippen LogP contribution in [-0.4, -0.2) is 30.0 Å². The molecule has 0 radical (unpaired) electrons. The lowest BCUT2D eigenvalue weighted by atomic mass is 10.0. The zero-order valence-corrected chi connectivity index (χ0v) is 10.8. The number of nitrogens with one attached hydrogen (secondary N) is 1. The summed E-state index contributed by atoms with van der Waals surface area (Å²) in [6.45, 7) is 5.22. The first-order chi connectivity index (χ1) is 7.31. The zero-order chi connectivity index (χ0) is 12.9. The largest absolute Gasteiger partial charge is 0.467 e. The predicted molar refractivity (Wildman–Crippen MR) is 64.7 cm³/mol. The highest BCUT2D eigenvalue weighted by Gasteiger charge is 2.27. The van der Waals surface area contributed by atoms with Gasteiger partial charge in [-0.15, -0.1) is 0 Å². The van der Waals surface area contributed by atoms with Gasteiger partial charge in [-0.25, -0.2) is 4.79 Å². The second-order valence-electron chi connectivity index (χ2n) is 3.88. The molecule has 0 saturated heterocycles. The third-order valence-corrected chi connectivity index (χ3v) is 2.59. The Kier molecular flexibility index (Phi) is 5.95. The van der Waals surface area contributed by atoms with Crippen LogP contribution in [0.5, 0.6) is 0 Å². The number of hydrogen-bond donors (Lipinski definition) is 2. The highest BCUT2D eigenvalue weighted by molar-refractivity contribution is 7.80. The minimum absolute atomic E-state index is 0.0602. The van der Waals surface area contributed by atoms with E-state index in [1.807, 2.05) is 13.8 Å². The van der Waals surface area contributed by atoms with E-state index in [4.69, 9.17) is 18.0 Å². The van der Waals surface area contributed by atoms with E-state index in [0.717, 1.165) is 0 Å². The van der Waals surface area contributed by atoms with Gasteiger partial charge in [0.15, 0.2) is 0 Å². The molecule has 0 heterocycles. The van der Waals surface area contributed by atoms with Gasteiger partial charge in [-0.05, 0) is 12.8 Å². The lowest BCUT2D eigenvalue weighted by molar-refractivity contribution is -0.146. The van der Waals surface area contributed by atoms with Crippen molar-refractivity contribution in [2.75, 3.05) is 7.11 Å². The van der Waals surface area contributed by atoms with E-state index < -0.39 is 17.9 Å². The number of esters is 1. The average Bonchev–Trinajstić information content (AvgIpc) is 2.22. The van der Waals surface area contributed by atoms with E-state index in [1.165, 1.54) is 7.11 Å². The van der Waals surface area contributed by atoms with E-state index in [0.29, 0.717) is 0 Å². The first-order valence-corrected chi connectivity index (χ1v) is 5.39. The minimum atomic E-state index is -0.672. The number of methoxy groups -OCH3 is 1. The Morgan fingerprint density at radius 3 is 2.12 bits per heavy atom. The van der Waals surface area contributed by atoms with Crippen molar-refractivity contribution in [1.82, 2.24) is 5.32 Å². The number of thiocarbonyl (C=S) groups is 1. The molecule has 0 aromatic heterocycles. The lowest BCUT2D eigenvalue weighted by Crippen LogP contribution is -2.48. The molecule has 1 amide bonds. The zero-order valence-electron chi connectivity index (χ0n) is 9.94. The van der Waals surface area contributed by atoms with Crippen LogP contribution in [0.4, 0.5) is 0 Å². The van der Waals surface area contributed by atoms with Crippen LogP contribution in [-0.2, 0) is 14.3 Å². The smallest absolute Gasteiger partial charge is 0.328 e. The Labute approximate surface area is 101 Å². The van der Waals surface area contributed by atoms with Crippen LogP contribution in [0.25, 0.3) is 0 Å². The molecule has 6 heteroatoms. The molecular weight excluding hydrogens is 228 g/mol. The number of hydrogen-bond acceptors (Lipinski definition) is 4. The van der Waals surface area contributed by atoms with Crippen LogP contribution in [0.1, 0.15) is 20.8 Å². The fourth-order valence-electron chi connectivity index (χ4n) is 1.03. The van der Waals surface area contributed by atoms with Gasteiger partial charge in [0.25, 0.3) is 0 Å². The molecule has 0 aromatic carbocycles. The molecule has 0 saturated carbocycles. The maximum Gasteiger partial charge on any atom is 0.328 e. The van der Waals surface area contributed by atoms with Crippen molar-refractivity contribution in [2.45, 2.75) is 26.8 Å². The Bertz CT molecular complexity index is 292. The Balaban J connectivity index is 4.59. The molecule has 0 fully saturated rings. The summed E-state index contributed by atoms with van der Waals surface area (Å²) in [5, 5.41) is 2.57. The summed E-state index contributed by atoms with van der Waals surface area (Å²) < 4.78 is 4.60. The SMILES string of the molecule is COC(=O)C(NC(=O)C(C)C(N)=S)C(C)C. The number of carbonyl (C=O) groups excluding carboxylic acids is 2. The number of rotatable bonds is 5. The molecule has 16 heavy (non-hydrogen) atoms. The van der Waals surface area contributed by atoms with Gasteiger partial charge >= 0.3 is 5.97 Å². The summed E-state index contributed by atoms with van der Waals surface area (Å²) in [6, 6.07) is -0.672. The normalized spacial score (nSPS) is 14.1.